The minimum Gasteiger partial charge on any atom is -0.373 e. The Hall–Kier alpha value is -3.20. The van der Waals surface area contributed by atoms with Crippen LogP contribution >= 0.6 is 0 Å². The van der Waals surface area contributed by atoms with Crippen molar-refractivity contribution in [1.29, 1.82) is 0 Å². The Bertz CT molecular complexity index is 1160. The van der Waals surface area contributed by atoms with E-state index >= 15 is 0 Å². The zero-order valence-corrected chi connectivity index (χ0v) is 18.6. The van der Waals surface area contributed by atoms with Gasteiger partial charge in [0.1, 0.15) is 5.69 Å². The number of hydrogen-bond donors (Lipinski definition) is 0. The number of amides is 1. The van der Waals surface area contributed by atoms with E-state index in [2.05, 4.69) is 4.98 Å². The lowest BCUT2D eigenvalue weighted by Gasteiger charge is -2.26. The molecule has 3 aromatic rings. The van der Waals surface area contributed by atoms with Crippen molar-refractivity contribution in [2.45, 2.75) is 51.1 Å². The van der Waals surface area contributed by atoms with E-state index in [0.717, 1.165) is 36.4 Å². The lowest BCUT2D eigenvalue weighted by molar-refractivity contribution is -0.137. The Morgan fingerprint density at radius 3 is 2.68 bits per heavy atom. The summed E-state index contributed by atoms with van der Waals surface area (Å²) in [6.07, 6.45) is -0.633. The molecule has 0 unspecified atom stereocenters. The van der Waals surface area contributed by atoms with Crippen LogP contribution in [0.3, 0.4) is 0 Å². The van der Waals surface area contributed by atoms with Crippen LogP contribution < -0.4 is 0 Å². The summed E-state index contributed by atoms with van der Waals surface area (Å²) < 4.78 is 45.9. The van der Waals surface area contributed by atoms with Crippen molar-refractivity contribution in [3.63, 3.8) is 0 Å². The number of benzene rings is 1. The van der Waals surface area contributed by atoms with Crippen LogP contribution in [0.25, 0.3) is 11.3 Å². The van der Waals surface area contributed by atoms with Crippen LogP contribution in [0, 0.1) is 0 Å². The lowest BCUT2D eigenvalue weighted by atomic mass is 10.0. The Morgan fingerprint density at radius 1 is 1.12 bits per heavy atom. The van der Waals surface area contributed by atoms with Crippen molar-refractivity contribution in [2.24, 2.45) is 0 Å². The van der Waals surface area contributed by atoms with Crippen molar-refractivity contribution < 1.29 is 22.7 Å². The first-order chi connectivity index (χ1) is 16.4. The van der Waals surface area contributed by atoms with Gasteiger partial charge in [-0.2, -0.15) is 18.3 Å². The van der Waals surface area contributed by atoms with E-state index in [1.54, 1.807) is 0 Å². The molecule has 1 atom stereocenters. The van der Waals surface area contributed by atoms with Gasteiger partial charge in [0.25, 0.3) is 5.91 Å². The maximum absolute atomic E-state index is 13.8. The van der Waals surface area contributed by atoms with Gasteiger partial charge in [0.2, 0.25) is 0 Å². The average Bonchev–Trinajstić information content (AvgIpc) is 3.47. The predicted molar refractivity (Wildman–Crippen MR) is 119 cm³/mol. The molecule has 2 aromatic heterocycles. The molecule has 0 spiro atoms. The molecule has 0 bridgehead atoms. The molecule has 1 saturated heterocycles. The Kier molecular flexibility index (Phi) is 6.12. The minimum absolute atomic E-state index is 0.000255. The van der Waals surface area contributed by atoms with E-state index in [9.17, 15) is 18.0 Å². The smallest absolute Gasteiger partial charge is 0.373 e. The zero-order chi connectivity index (χ0) is 23.7. The summed E-state index contributed by atoms with van der Waals surface area (Å²) >= 11 is 0. The number of hydrogen-bond acceptors (Lipinski definition) is 4. The fourth-order valence-electron chi connectivity index (χ4n) is 4.77. The van der Waals surface area contributed by atoms with Crippen molar-refractivity contribution in [1.82, 2.24) is 19.7 Å². The van der Waals surface area contributed by atoms with Crippen molar-refractivity contribution >= 4 is 5.91 Å². The molecular formula is C25H25F3N4O2. The molecule has 178 valence electrons. The SMILES string of the molecule is O=C(c1c(-c2ccccc2)nn2c1COCC2)N1CCC[C@H]1CCc1ccc(C(F)(F)F)cn1. The van der Waals surface area contributed by atoms with Gasteiger partial charge in [0.05, 0.1) is 36.6 Å². The van der Waals surface area contributed by atoms with E-state index in [4.69, 9.17) is 9.84 Å². The highest BCUT2D eigenvalue weighted by atomic mass is 19.4. The summed E-state index contributed by atoms with van der Waals surface area (Å²) in [4.78, 5) is 19.7. The topological polar surface area (TPSA) is 60.3 Å². The summed E-state index contributed by atoms with van der Waals surface area (Å²) in [7, 11) is 0. The third-order valence-corrected chi connectivity index (χ3v) is 6.53. The van der Waals surface area contributed by atoms with Gasteiger partial charge < -0.3 is 9.64 Å². The third kappa shape index (κ3) is 4.44. The van der Waals surface area contributed by atoms with Crippen molar-refractivity contribution in [2.75, 3.05) is 13.2 Å². The van der Waals surface area contributed by atoms with Gasteiger partial charge in [0, 0.05) is 30.0 Å². The molecule has 9 heteroatoms. The number of rotatable bonds is 5. The number of nitrogens with zero attached hydrogens (tertiary/aromatic N) is 4. The van der Waals surface area contributed by atoms with Crippen LogP contribution in [0.2, 0.25) is 0 Å². The number of halogens is 3. The molecule has 6 nitrogen and oxygen atoms in total. The zero-order valence-electron chi connectivity index (χ0n) is 18.6. The standard InChI is InChI=1S/C25H25F3N4O2/c26-25(27,28)18-8-9-19(29-15-18)10-11-20-7-4-12-31(20)24(33)22-21-16-34-14-13-32(21)30-23(22)17-5-2-1-3-6-17/h1-3,5-6,8-9,15,20H,4,7,10-14,16H2/t20-/m0/s1. The molecule has 0 radical (unpaired) electrons. The van der Waals surface area contributed by atoms with E-state index in [1.807, 2.05) is 39.9 Å². The van der Waals surface area contributed by atoms with Gasteiger partial charge in [-0.05, 0) is 37.8 Å². The van der Waals surface area contributed by atoms with Gasteiger partial charge in [-0.1, -0.05) is 30.3 Å². The summed E-state index contributed by atoms with van der Waals surface area (Å²) in [6, 6.07) is 12.2. The molecule has 2 aliphatic rings. The maximum atomic E-state index is 13.8. The first-order valence-electron chi connectivity index (χ1n) is 11.5. The Labute approximate surface area is 195 Å². The largest absolute Gasteiger partial charge is 0.417 e. The average molecular weight is 470 g/mol. The molecular weight excluding hydrogens is 445 g/mol. The molecule has 0 N–H and O–H groups in total. The van der Waals surface area contributed by atoms with Crippen LogP contribution in [-0.4, -0.2) is 44.8 Å². The number of likely N-dealkylation sites (tertiary alicyclic amines) is 1. The van der Waals surface area contributed by atoms with Gasteiger partial charge in [-0.3, -0.25) is 14.5 Å². The second-order valence-corrected chi connectivity index (χ2v) is 8.68. The number of carbonyl (C=O) groups excluding carboxylic acids is 1. The first-order valence-corrected chi connectivity index (χ1v) is 11.5. The second-order valence-electron chi connectivity index (χ2n) is 8.68. The molecule has 5 rings (SSSR count). The fourth-order valence-corrected chi connectivity index (χ4v) is 4.77. The maximum Gasteiger partial charge on any atom is 0.417 e. The highest BCUT2D eigenvalue weighted by Gasteiger charge is 2.35. The normalized spacial score (nSPS) is 18.2. The van der Waals surface area contributed by atoms with Gasteiger partial charge in [-0.15, -0.1) is 0 Å². The highest BCUT2D eigenvalue weighted by molar-refractivity contribution is 6.01. The van der Waals surface area contributed by atoms with E-state index in [1.165, 1.54) is 6.07 Å². The predicted octanol–water partition coefficient (Wildman–Crippen LogP) is 4.73. The van der Waals surface area contributed by atoms with Gasteiger partial charge >= 0.3 is 6.18 Å². The number of fused-ring (bicyclic) bond motifs is 1. The van der Waals surface area contributed by atoms with Crippen LogP contribution in [0.5, 0.6) is 0 Å². The molecule has 1 fully saturated rings. The number of pyridine rings is 1. The number of aromatic nitrogens is 3. The minimum atomic E-state index is -4.40. The molecule has 34 heavy (non-hydrogen) atoms. The molecule has 0 aliphatic carbocycles. The molecule has 2 aliphatic heterocycles. The van der Waals surface area contributed by atoms with Crippen LogP contribution in [-0.2, 0) is 30.5 Å². The van der Waals surface area contributed by atoms with Crippen molar-refractivity contribution in [3.8, 4) is 11.3 Å². The van der Waals surface area contributed by atoms with E-state index < -0.39 is 11.7 Å². The van der Waals surface area contributed by atoms with Crippen LogP contribution in [0.15, 0.2) is 48.7 Å². The summed E-state index contributed by atoms with van der Waals surface area (Å²) in [5.41, 5.74) is 2.78. The molecule has 4 heterocycles. The number of aryl methyl sites for hydroxylation is 1. The molecule has 1 amide bonds. The van der Waals surface area contributed by atoms with Crippen molar-refractivity contribution in [3.05, 3.63) is 71.2 Å². The number of ether oxygens (including phenoxy) is 1. The van der Waals surface area contributed by atoms with Gasteiger partial charge in [0.15, 0.2) is 0 Å². The van der Waals surface area contributed by atoms with Crippen LogP contribution in [0.1, 0.15) is 46.6 Å². The Balaban J connectivity index is 1.37. The summed E-state index contributed by atoms with van der Waals surface area (Å²) in [5, 5.41) is 4.75. The Morgan fingerprint density at radius 2 is 1.94 bits per heavy atom. The first kappa shape index (κ1) is 22.6. The van der Waals surface area contributed by atoms with E-state index in [0.29, 0.717) is 56.1 Å². The van der Waals surface area contributed by atoms with Gasteiger partial charge in [-0.25, -0.2) is 0 Å². The summed E-state index contributed by atoms with van der Waals surface area (Å²) in [5.74, 6) is -0.0616. The monoisotopic (exact) mass is 470 g/mol. The number of alkyl halides is 3. The second kappa shape index (κ2) is 9.21. The quantitative estimate of drug-likeness (QED) is 0.541. The fraction of sp³-hybridized carbons (Fsp3) is 0.400. The molecule has 1 aromatic carbocycles. The third-order valence-electron chi connectivity index (χ3n) is 6.53. The highest BCUT2D eigenvalue weighted by Crippen LogP contribution is 2.32. The van der Waals surface area contributed by atoms with Crippen LogP contribution in [0.4, 0.5) is 13.2 Å². The lowest BCUT2D eigenvalue weighted by Crippen LogP contribution is -2.36. The number of carbonyl (C=O) groups is 1. The summed E-state index contributed by atoms with van der Waals surface area (Å²) in [6.45, 7) is 2.15. The van der Waals surface area contributed by atoms with E-state index in [-0.39, 0.29) is 11.9 Å². The molecule has 0 saturated carbocycles.